The molecule has 2 aliphatic heterocycles. The van der Waals surface area contributed by atoms with Crippen LogP contribution in [0.4, 0.5) is 0 Å². The van der Waals surface area contributed by atoms with Crippen molar-refractivity contribution in [3.05, 3.63) is 0 Å². The van der Waals surface area contributed by atoms with Crippen LogP contribution in [0, 0.1) is 0 Å². The number of carbonyl (C=O) groups is 1. The van der Waals surface area contributed by atoms with E-state index < -0.39 is 9.84 Å². The molecule has 0 aliphatic carbocycles. The summed E-state index contributed by atoms with van der Waals surface area (Å²) in [6.07, 6.45) is 0.769. The van der Waals surface area contributed by atoms with Crippen molar-refractivity contribution in [3.63, 3.8) is 0 Å². The summed E-state index contributed by atoms with van der Waals surface area (Å²) in [5.74, 6) is 0.707. The number of nitrogens with one attached hydrogen (secondary N) is 3. The Morgan fingerprint density at radius 1 is 1.25 bits per heavy atom. The van der Waals surface area contributed by atoms with Crippen LogP contribution in [0.1, 0.15) is 26.7 Å². The van der Waals surface area contributed by atoms with Crippen molar-refractivity contribution in [3.8, 4) is 0 Å². The first-order valence-corrected chi connectivity index (χ1v) is 11.3. The van der Waals surface area contributed by atoms with Gasteiger partial charge in [0.2, 0.25) is 5.91 Å². The number of carbonyl (C=O) groups excluding carboxylic acids is 1. The molecule has 1 amide bonds. The number of amides is 1. The van der Waals surface area contributed by atoms with Gasteiger partial charge in [0.1, 0.15) is 0 Å². The standard InChI is InChI=1S/C17H33N5O4S.HI/c1-17(2,22-7-9-26-10-8-22)13-20-16(18-3)19-6-4-15(23)21-14-5-11-27(24,25)12-14;/h14H,4-13H2,1-3H3,(H,21,23)(H2,18,19,20);1H. The molecule has 2 fully saturated rings. The molecule has 0 aromatic heterocycles. The minimum Gasteiger partial charge on any atom is -0.379 e. The number of aliphatic imine (C=N–C) groups is 1. The van der Waals surface area contributed by atoms with Gasteiger partial charge in [0, 0.05) is 51.2 Å². The van der Waals surface area contributed by atoms with Crippen LogP contribution in [0.5, 0.6) is 0 Å². The Morgan fingerprint density at radius 2 is 1.93 bits per heavy atom. The van der Waals surface area contributed by atoms with Crippen LogP contribution >= 0.6 is 24.0 Å². The topological polar surface area (TPSA) is 112 Å². The number of nitrogens with zero attached hydrogens (tertiary/aromatic N) is 2. The van der Waals surface area contributed by atoms with Gasteiger partial charge in [-0.2, -0.15) is 0 Å². The van der Waals surface area contributed by atoms with Crippen LogP contribution in [0.25, 0.3) is 0 Å². The molecule has 2 saturated heterocycles. The first-order chi connectivity index (χ1) is 12.7. The lowest BCUT2D eigenvalue weighted by atomic mass is 10.0. The van der Waals surface area contributed by atoms with Crippen LogP contribution in [-0.2, 0) is 19.4 Å². The van der Waals surface area contributed by atoms with Crippen LogP contribution in [0.2, 0.25) is 0 Å². The van der Waals surface area contributed by atoms with Gasteiger partial charge in [-0.05, 0) is 20.3 Å². The van der Waals surface area contributed by atoms with E-state index in [1.165, 1.54) is 0 Å². The zero-order valence-corrected chi connectivity index (χ0v) is 20.1. The third-order valence-corrected chi connectivity index (χ3v) is 6.79. The summed E-state index contributed by atoms with van der Waals surface area (Å²) < 4.78 is 28.3. The lowest BCUT2D eigenvalue weighted by Gasteiger charge is -2.41. The lowest BCUT2D eigenvalue weighted by Crippen LogP contribution is -2.56. The molecule has 0 aromatic rings. The monoisotopic (exact) mass is 531 g/mol. The van der Waals surface area contributed by atoms with Crippen molar-refractivity contribution in [2.75, 3.05) is 57.9 Å². The van der Waals surface area contributed by atoms with E-state index in [4.69, 9.17) is 4.74 Å². The molecule has 1 unspecified atom stereocenters. The first-order valence-electron chi connectivity index (χ1n) is 9.49. The van der Waals surface area contributed by atoms with Gasteiger partial charge < -0.3 is 20.7 Å². The Hall–Kier alpha value is -0.660. The molecule has 2 rings (SSSR count). The van der Waals surface area contributed by atoms with Crippen LogP contribution in [-0.4, -0.2) is 94.7 Å². The zero-order chi connectivity index (χ0) is 19.9. The van der Waals surface area contributed by atoms with E-state index in [2.05, 4.69) is 39.7 Å². The smallest absolute Gasteiger partial charge is 0.222 e. The molecule has 11 heteroatoms. The average Bonchev–Trinajstić information content (AvgIpc) is 2.97. The molecule has 0 aromatic carbocycles. The molecule has 0 spiro atoms. The van der Waals surface area contributed by atoms with Crippen molar-refractivity contribution in [1.82, 2.24) is 20.9 Å². The van der Waals surface area contributed by atoms with Gasteiger partial charge in [-0.25, -0.2) is 8.42 Å². The molecular weight excluding hydrogens is 497 g/mol. The molecule has 1 atom stereocenters. The predicted octanol–water partition coefficient (Wildman–Crippen LogP) is -0.426. The zero-order valence-electron chi connectivity index (χ0n) is 17.0. The van der Waals surface area contributed by atoms with Crippen LogP contribution < -0.4 is 16.0 Å². The molecule has 0 saturated carbocycles. The summed E-state index contributed by atoms with van der Waals surface area (Å²) in [5.41, 5.74) is -0.0350. The van der Waals surface area contributed by atoms with Gasteiger partial charge in [-0.1, -0.05) is 0 Å². The Bertz CT molecular complexity index is 635. The van der Waals surface area contributed by atoms with Gasteiger partial charge in [0.05, 0.1) is 24.7 Å². The molecule has 3 N–H and O–H groups in total. The van der Waals surface area contributed by atoms with E-state index in [0.29, 0.717) is 18.9 Å². The Morgan fingerprint density at radius 3 is 2.50 bits per heavy atom. The van der Waals surface area contributed by atoms with Crippen LogP contribution in [0.15, 0.2) is 4.99 Å². The third-order valence-electron chi connectivity index (χ3n) is 5.02. The van der Waals surface area contributed by atoms with E-state index in [-0.39, 0.29) is 59.4 Å². The van der Waals surface area contributed by atoms with E-state index in [9.17, 15) is 13.2 Å². The SMILES string of the molecule is CN=C(NCCC(=O)NC1CCS(=O)(=O)C1)NCC(C)(C)N1CCOCC1.I. The molecule has 0 radical (unpaired) electrons. The summed E-state index contributed by atoms with van der Waals surface area (Å²) in [6, 6.07) is -0.255. The molecule has 2 aliphatic rings. The number of guanidine groups is 1. The summed E-state index contributed by atoms with van der Waals surface area (Å²) in [7, 11) is -1.29. The Kier molecular flexibility index (Phi) is 10.4. The summed E-state index contributed by atoms with van der Waals surface area (Å²) >= 11 is 0. The minimum absolute atomic E-state index is 0. The summed E-state index contributed by atoms with van der Waals surface area (Å²) in [4.78, 5) is 18.6. The number of halogens is 1. The van der Waals surface area contributed by atoms with Gasteiger partial charge in [-0.15, -0.1) is 24.0 Å². The van der Waals surface area contributed by atoms with Gasteiger partial charge in [0.15, 0.2) is 15.8 Å². The second kappa shape index (κ2) is 11.5. The predicted molar refractivity (Wildman–Crippen MR) is 121 cm³/mol. The maximum Gasteiger partial charge on any atom is 0.222 e. The second-order valence-corrected chi connectivity index (χ2v) is 9.91. The van der Waals surface area contributed by atoms with Crippen molar-refractivity contribution in [2.24, 2.45) is 4.99 Å². The molecular formula is C17H34IN5O4S. The first kappa shape index (κ1) is 25.4. The Labute approximate surface area is 185 Å². The van der Waals surface area contributed by atoms with Gasteiger partial charge >= 0.3 is 0 Å². The molecule has 28 heavy (non-hydrogen) atoms. The maximum atomic E-state index is 12.0. The van der Waals surface area contributed by atoms with Crippen molar-refractivity contribution >= 4 is 45.7 Å². The van der Waals surface area contributed by atoms with Gasteiger partial charge in [0.25, 0.3) is 0 Å². The van der Waals surface area contributed by atoms with Crippen LogP contribution in [0.3, 0.4) is 0 Å². The fourth-order valence-corrected chi connectivity index (χ4v) is 4.98. The average molecular weight is 531 g/mol. The fourth-order valence-electron chi connectivity index (χ4n) is 3.30. The van der Waals surface area contributed by atoms with Crippen molar-refractivity contribution in [1.29, 1.82) is 0 Å². The third kappa shape index (κ3) is 8.37. The number of rotatable bonds is 7. The lowest BCUT2D eigenvalue weighted by molar-refractivity contribution is -0.121. The highest BCUT2D eigenvalue weighted by molar-refractivity contribution is 14.0. The number of morpholine rings is 1. The Balaban J connectivity index is 0.00000392. The van der Waals surface area contributed by atoms with Gasteiger partial charge in [-0.3, -0.25) is 14.7 Å². The second-order valence-electron chi connectivity index (χ2n) is 7.68. The molecule has 0 bridgehead atoms. The number of hydrogen-bond donors (Lipinski definition) is 3. The van der Waals surface area contributed by atoms with Crippen molar-refractivity contribution < 1.29 is 17.9 Å². The summed E-state index contributed by atoms with van der Waals surface area (Å²) in [6.45, 7) is 8.86. The fraction of sp³-hybridized carbons (Fsp3) is 0.882. The van der Waals surface area contributed by atoms with E-state index in [1.807, 2.05) is 0 Å². The highest BCUT2D eigenvalue weighted by Gasteiger charge is 2.29. The highest BCUT2D eigenvalue weighted by Crippen LogP contribution is 2.15. The largest absolute Gasteiger partial charge is 0.379 e. The maximum absolute atomic E-state index is 12.0. The van der Waals surface area contributed by atoms with Crippen molar-refractivity contribution in [2.45, 2.75) is 38.3 Å². The number of ether oxygens (including phenoxy) is 1. The molecule has 164 valence electrons. The number of hydrogen-bond acceptors (Lipinski definition) is 6. The highest BCUT2D eigenvalue weighted by atomic mass is 127. The number of sulfone groups is 1. The molecule has 9 nitrogen and oxygen atoms in total. The van der Waals surface area contributed by atoms with E-state index >= 15 is 0 Å². The minimum atomic E-state index is -2.98. The summed E-state index contributed by atoms with van der Waals surface area (Å²) in [5, 5.41) is 9.23. The molecule has 2 heterocycles. The van der Waals surface area contributed by atoms with E-state index in [0.717, 1.165) is 32.8 Å². The normalized spacial score (nSPS) is 23.0. The van der Waals surface area contributed by atoms with E-state index in [1.54, 1.807) is 7.05 Å². The quantitative estimate of drug-likeness (QED) is 0.232.